The molecular weight excluding hydrogens is 487 g/mol. The van der Waals surface area contributed by atoms with Crippen LogP contribution in [0.2, 0.25) is 0 Å². The SMILES string of the molecule is CC(C)(C)c1ccc(N(c2ccc(-c3cc(-c4cccs4)cs3)cc2)c2ccc(C(C)(C)C)cc2)cc1. The van der Waals surface area contributed by atoms with Gasteiger partial charge >= 0.3 is 0 Å². The summed E-state index contributed by atoms with van der Waals surface area (Å²) >= 11 is 3.60. The first-order chi connectivity index (χ1) is 17.6. The zero-order valence-corrected chi connectivity index (χ0v) is 24.2. The summed E-state index contributed by atoms with van der Waals surface area (Å²) in [6.07, 6.45) is 0. The Morgan fingerprint density at radius 2 is 1.00 bits per heavy atom. The lowest BCUT2D eigenvalue weighted by Crippen LogP contribution is -2.14. The molecule has 0 fully saturated rings. The highest BCUT2D eigenvalue weighted by atomic mass is 32.1. The molecule has 1 nitrogen and oxygen atoms in total. The second-order valence-corrected chi connectivity index (χ2v) is 13.5. The van der Waals surface area contributed by atoms with E-state index in [2.05, 4.69) is 148 Å². The maximum Gasteiger partial charge on any atom is 0.0462 e. The molecule has 0 atom stereocenters. The largest absolute Gasteiger partial charge is 0.311 e. The predicted molar refractivity (Wildman–Crippen MR) is 165 cm³/mol. The molecule has 2 aromatic heterocycles. The normalized spacial score (nSPS) is 12.1. The summed E-state index contributed by atoms with van der Waals surface area (Å²) in [5, 5.41) is 4.40. The number of nitrogens with zero attached hydrogens (tertiary/aromatic N) is 1. The minimum absolute atomic E-state index is 0.127. The lowest BCUT2D eigenvalue weighted by Gasteiger charge is -2.28. The van der Waals surface area contributed by atoms with E-state index in [0.717, 1.165) is 5.69 Å². The average molecular weight is 522 g/mol. The minimum Gasteiger partial charge on any atom is -0.311 e. The summed E-state index contributed by atoms with van der Waals surface area (Å²) in [4.78, 5) is 4.97. The standard InChI is InChI=1S/C34H35NS2/c1-33(2,3)26-11-17-29(18-12-26)35(30-19-13-27(14-20-30)34(4,5)6)28-15-9-24(10-16-28)32-22-25(23-37-32)31-8-7-21-36-31/h7-23H,1-6H3. The predicted octanol–water partition coefficient (Wildman–Crippen LogP) is 11.2. The summed E-state index contributed by atoms with van der Waals surface area (Å²) < 4.78 is 0. The van der Waals surface area contributed by atoms with Gasteiger partial charge in [-0.25, -0.2) is 0 Å². The number of hydrogen-bond acceptors (Lipinski definition) is 3. The van der Waals surface area contributed by atoms with E-state index in [1.165, 1.54) is 43.4 Å². The molecule has 5 aromatic rings. The Balaban J connectivity index is 1.51. The van der Waals surface area contributed by atoms with Crippen molar-refractivity contribution < 1.29 is 0 Å². The molecule has 188 valence electrons. The summed E-state index contributed by atoms with van der Waals surface area (Å²) in [6.45, 7) is 13.6. The average Bonchev–Trinajstić information content (AvgIpc) is 3.57. The molecule has 3 aromatic carbocycles. The van der Waals surface area contributed by atoms with Crippen LogP contribution in [0.3, 0.4) is 0 Å². The molecule has 0 saturated carbocycles. The van der Waals surface area contributed by atoms with Crippen molar-refractivity contribution in [1.29, 1.82) is 0 Å². The Bertz CT molecular complexity index is 1380. The summed E-state index contributed by atoms with van der Waals surface area (Å²) in [7, 11) is 0. The van der Waals surface area contributed by atoms with Crippen molar-refractivity contribution >= 4 is 39.7 Å². The van der Waals surface area contributed by atoms with Crippen molar-refractivity contribution in [2.75, 3.05) is 4.90 Å². The Morgan fingerprint density at radius 1 is 0.514 bits per heavy atom. The molecular formula is C34H35NS2. The molecule has 5 rings (SSSR count). The zero-order valence-electron chi connectivity index (χ0n) is 22.6. The molecule has 0 spiro atoms. The van der Waals surface area contributed by atoms with Crippen LogP contribution in [0.1, 0.15) is 52.7 Å². The number of anilines is 3. The van der Waals surface area contributed by atoms with Crippen LogP contribution in [-0.2, 0) is 10.8 Å². The van der Waals surface area contributed by atoms with Crippen LogP contribution in [0.25, 0.3) is 20.9 Å². The van der Waals surface area contributed by atoms with Crippen molar-refractivity contribution in [2.45, 2.75) is 52.4 Å². The van der Waals surface area contributed by atoms with Crippen molar-refractivity contribution in [1.82, 2.24) is 0 Å². The van der Waals surface area contributed by atoms with Gasteiger partial charge in [-0.2, -0.15) is 0 Å². The molecule has 37 heavy (non-hydrogen) atoms. The van der Waals surface area contributed by atoms with E-state index in [0.29, 0.717) is 0 Å². The first-order valence-electron chi connectivity index (χ1n) is 12.8. The Hall–Kier alpha value is -3.14. The van der Waals surface area contributed by atoms with E-state index in [1.807, 2.05) is 11.3 Å². The second kappa shape index (κ2) is 9.96. The van der Waals surface area contributed by atoms with E-state index in [1.54, 1.807) is 11.3 Å². The van der Waals surface area contributed by atoms with Crippen molar-refractivity contribution in [3.63, 3.8) is 0 Å². The summed E-state index contributed by atoms with van der Waals surface area (Å²) in [5.74, 6) is 0. The zero-order chi connectivity index (χ0) is 26.2. The van der Waals surface area contributed by atoms with Gasteiger partial charge in [0.15, 0.2) is 0 Å². The number of benzene rings is 3. The van der Waals surface area contributed by atoms with Crippen LogP contribution in [0.4, 0.5) is 17.1 Å². The number of thiophene rings is 2. The summed E-state index contributed by atoms with van der Waals surface area (Å²) in [6, 6.07) is 33.6. The molecule has 0 aliphatic carbocycles. The highest BCUT2D eigenvalue weighted by molar-refractivity contribution is 7.16. The van der Waals surface area contributed by atoms with Crippen LogP contribution in [0.15, 0.2) is 102 Å². The van der Waals surface area contributed by atoms with E-state index < -0.39 is 0 Å². The second-order valence-electron chi connectivity index (χ2n) is 11.7. The van der Waals surface area contributed by atoms with Gasteiger partial charge in [0, 0.05) is 37.8 Å². The van der Waals surface area contributed by atoms with Gasteiger partial charge in [0.25, 0.3) is 0 Å². The lowest BCUT2D eigenvalue weighted by molar-refractivity contribution is 0.590. The minimum atomic E-state index is 0.127. The molecule has 3 heteroatoms. The maximum absolute atomic E-state index is 2.36. The molecule has 0 radical (unpaired) electrons. The molecule has 0 unspecified atom stereocenters. The van der Waals surface area contributed by atoms with Gasteiger partial charge in [-0.1, -0.05) is 84.0 Å². The lowest BCUT2D eigenvalue weighted by atomic mass is 9.86. The van der Waals surface area contributed by atoms with E-state index in [9.17, 15) is 0 Å². The van der Waals surface area contributed by atoms with Crippen molar-refractivity contribution in [2.24, 2.45) is 0 Å². The molecule has 0 amide bonds. The van der Waals surface area contributed by atoms with E-state index in [4.69, 9.17) is 0 Å². The third kappa shape index (κ3) is 5.58. The first kappa shape index (κ1) is 25.5. The number of hydrogen-bond donors (Lipinski definition) is 0. The molecule has 0 bridgehead atoms. The molecule has 0 saturated heterocycles. The Kier molecular flexibility index (Phi) is 6.87. The Morgan fingerprint density at radius 3 is 1.43 bits per heavy atom. The van der Waals surface area contributed by atoms with Crippen LogP contribution in [-0.4, -0.2) is 0 Å². The van der Waals surface area contributed by atoms with Gasteiger partial charge < -0.3 is 4.90 Å². The van der Waals surface area contributed by atoms with Gasteiger partial charge in [-0.15, -0.1) is 22.7 Å². The van der Waals surface area contributed by atoms with Gasteiger partial charge in [-0.3, -0.25) is 0 Å². The monoisotopic (exact) mass is 521 g/mol. The topological polar surface area (TPSA) is 3.24 Å². The molecule has 0 N–H and O–H groups in total. The third-order valence-corrected chi connectivity index (χ3v) is 8.70. The highest BCUT2D eigenvalue weighted by Crippen LogP contribution is 2.39. The highest BCUT2D eigenvalue weighted by Gasteiger charge is 2.18. The fraction of sp³-hybridized carbons (Fsp3) is 0.235. The molecule has 2 heterocycles. The molecule has 0 aliphatic heterocycles. The van der Waals surface area contributed by atoms with Gasteiger partial charge in [0.05, 0.1) is 0 Å². The van der Waals surface area contributed by atoms with Gasteiger partial charge in [0.1, 0.15) is 0 Å². The van der Waals surface area contributed by atoms with Crippen LogP contribution < -0.4 is 4.90 Å². The van der Waals surface area contributed by atoms with Crippen LogP contribution in [0.5, 0.6) is 0 Å². The van der Waals surface area contributed by atoms with Gasteiger partial charge in [0.2, 0.25) is 0 Å². The Labute approximate surface area is 230 Å². The first-order valence-corrected chi connectivity index (χ1v) is 14.6. The molecule has 0 aliphatic rings. The number of rotatable bonds is 5. The fourth-order valence-electron chi connectivity index (χ4n) is 4.50. The quantitative estimate of drug-likeness (QED) is 0.222. The third-order valence-electron chi connectivity index (χ3n) is 6.80. The van der Waals surface area contributed by atoms with Crippen molar-refractivity contribution in [3.05, 3.63) is 113 Å². The fourth-order valence-corrected chi connectivity index (χ4v) is 6.21. The maximum atomic E-state index is 2.36. The smallest absolute Gasteiger partial charge is 0.0462 e. The van der Waals surface area contributed by atoms with Gasteiger partial charge in [-0.05, 0) is 81.4 Å². The van der Waals surface area contributed by atoms with Crippen LogP contribution in [0, 0.1) is 0 Å². The summed E-state index contributed by atoms with van der Waals surface area (Å²) in [5.41, 5.74) is 8.99. The van der Waals surface area contributed by atoms with Crippen LogP contribution >= 0.6 is 22.7 Å². The van der Waals surface area contributed by atoms with E-state index >= 15 is 0 Å². The van der Waals surface area contributed by atoms with E-state index in [-0.39, 0.29) is 10.8 Å². The van der Waals surface area contributed by atoms with Crippen molar-refractivity contribution in [3.8, 4) is 20.9 Å².